The van der Waals surface area contributed by atoms with E-state index in [0.29, 0.717) is 12.8 Å². The molecule has 0 aliphatic heterocycles. The largest absolute Gasteiger partial charge is 0.544 e. The van der Waals surface area contributed by atoms with Crippen LogP contribution >= 0.6 is 0 Å². The van der Waals surface area contributed by atoms with Gasteiger partial charge in [-0.2, -0.15) is 0 Å². The number of ether oxygens (including phenoxy) is 3. The summed E-state index contributed by atoms with van der Waals surface area (Å²) in [5.41, 5.74) is 0. The molecule has 2 atom stereocenters. The molecule has 0 aliphatic rings. The molecular weight excluding hydrogens is 847 g/mol. The first-order valence-electron chi connectivity index (χ1n) is 29.0. The van der Waals surface area contributed by atoms with Gasteiger partial charge in [0.1, 0.15) is 12.6 Å². The predicted molar refractivity (Wildman–Crippen MR) is 287 cm³/mol. The van der Waals surface area contributed by atoms with E-state index < -0.39 is 18.1 Å². The number of rotatable bonds is 53. The minimum atomic E-state index is -1.12. The van der Waals surface area contributed by atoms with E-state index in [1.165, 1.54) is 186 Å². The zero-order valence-corrected chi connectivity index (χ0v) is 45.5. The van der Waals surface area contributed by atoms with E-state index >= 15 is 0 Å². The van der Waals surface area contributed by atoms with Gasteiger partial charge in [0.25, 0.3) is 0 Å². The Morgan fingerprint density at radius 2 is 0.824 bits per heavy atom. The number of allylic oxidation sites excluding steroid dienone is 6. The fourth-order valence-electron chi connectivity index (χ4n) is 8.85. The number of carboxylic acid groups (broad SMARTS) is 1. The molecule has 0 amide bonds. The van der Waals surface area contributed by atoms with Crippen LogP contribution in [0.3, 0.4) is 0 Å². The summed E-state index contributed by atoms with van der Waals surface area (Å²) in [5, 5.41) is 11.7. The average molecular weight is 959 g/mol. The highest BCUT2D eigenvalue weighted by Gasteiger charge is 2.25. The van der Waals surface area contributed by atoms with Crippen molar-refractivity contribution in [2.75, 3.05) is 41.0 Å². The lowest BCUT2D eigenvalue weighted by Gasteiger charge is -2.34. The maximum atomic E-state index is 12.8. The molecular formula is C60H111NO7. The van der Waals surface area contributed by atoms with Gasteiger partial charge in [0.15, 0.2) is 6.10 Å². The molecule has 0 rings (SSSR count). The molecule has 0 radical (unpaired) electrons. The molecule has 0 bridgehead atoms. The van der Waals surface area contributed by atoms with Crippen molar-refractivity contribution in [1.82, 2.24) is 0 Å². The van der Waals surface area contributed by atoms with Crippen LogP contribution in [0.5, 0.6) is 0 Å². The predicted octanol–water partition coefficient (Wildman–Crippen LogP) is 16.0. The van der Waals surface area contributed by atoms with Crippen LogP contribution in [-0.2, 0) is 28.6 Å². The maximum Gasteiger partial charge on any atom is 0.306 e. The van der Waals surface area contributed by atoms with Gasteiger partial charge in [-0.1, -0.05) is 249 Å². The summed E-state index contributed by atoms with van der Waals surface area (Å²) in [7, 11) is 5.43. The summed E-state index contributed by atoms with van der Waals surface area (Å²) in [6.07, 6.45) is 61.9. The van der Waals surface area contributed by atoms with Crippen molar-refractivity contribution in [3.63, 3.8) is 0 Å². The van der Waals surface area contributed by atoms with Gasteiger partial charge in [0.2, 0.25) is 0 Å². The molecule has 0 N–H and O–H groups in total. The van der Waals surface area contributed by atoms with E-state index in [-0.39, 0.29) is 42.7 Å². The molecule has 2 unspecified atom stereocenters. The summed E-state index contributed by atoms with van der Waals surface area (Å²) in [4.78, 5) is 37.2. The molecule has 0 fully saturated rings. The third-order valence-electron chi connectivity index (χ3n) is 13.3. The van der Waals surface area contributed by atoms with Gasteiger partial charge in [-0.25, -0.2) is 0 Å². The number of carbonyl (C=O) groups excluding carboxylic acids is 3. The summed E-state index contributed by atoms with van der Waals surface area (Å²) in [6, 6.07) is -0.725. The van der Waals surface area contributed by atoms with E-state index in [0.717, 1.165) is 57.8 Å². The Balaban J connectivity index is 4.13. The van der Waals surface area contributed by atoms with Gasteiger partial charge >= 0.3 is 11.9 Å². The number of esters is 2. The topological polar surface area (TPSA) is 102 Å². The molecule has 0 saturated carbocycles. The zero-order chi connectivity index (χ0) is 49.9. The highest BCUT2D eigenvalue weighted by atomic mass is 16.6. The summed E-state index contributed by atoms with van der Waals surface area (Å²) >= 11 is 0. The Bertz CT molecular complexity index is 1210. The minimum Gasteiger partial charge on any atom is -0.544 e. The fraction of sp³-hybridized carbons (Fsp3) is 0.850. The number of carboxylic acids is 1. The van der Waals surface area contributed by atoms with Crippen LogP contribution in [0.25, 0.3) is 0 Å². The average Bonchev–Trinajstić information content (AvgIpc) is 3.30. The van der Waals surface area contributed by atoms with Crippen LogP contribution < -0.4 is 5.11 Å². The van der Waals surface area contributed by atoms with Crippen LogP contribution in [0, 0.1) is 0 Å². The molecule has 0 saturated heterocycles. The lowest BCUT2D eigenvalue weighted by Crippen LogP contribution is -2.55. The SMILES string of the molecule is CC/C=C/C/C=C/C/C=C/CCCCCCCCCCCCCC(=O)OCC(COCCC(C(=O)[O-])[N+](C)(C)C)OC(=O)CCCCCCCCCCCCCCCCCCCCCCCCC. The van der Waals surface area contributed by atoms with E-state index in [4.69, 9.17) is 14.2 Å². The molecule has 8 nitrogen and oxygen atoms in total. The van der Waals surface area contributed by atoms with Gasteiger partial charge < -0.3 is 28.6 Å². The number of hydrogen-bond donors (Lipinski definition) is 0. The Morgan fingerprint density at radius 3 is 1.22 bits per heavy atom. The second kappa shape index (κ2) is 50.9. The van der Waals surface area contributed by atoms with Crippen LogP contribution in [0.4, 0.5) is 0 Å². The molecule has 0 aliphatic carbocycles. The first-order valence-corrected chi connectivity index (χ1v) is 29.0. The van der Waals surface area contributed by atoms with Crippen molar-refractivity contribution < 1.29 is 38.2 Å². The van der Waals surface area contributed by atoms with Gasteiger partial charge in [0, 0.05) is 19.3 Å². The summed E-state index contributed by atoms with van der Waals surface area (Å²) in [5.74, 6) is -1.72. The number of nitrogens with zero attached hydrogens (tertiary/aromatic N) is 1. The number of hydrogen-bond acceptors (Lipinski definition) is 7. The van der Waals surface area contributed by atoms with Crippen molar-refractivity contribution in [2.45, 2.75) is 289 Å². The molecule has 0 aromatic rings. The zero-order valence-electron chi connectivity index (χ0n) is 45.5. The number of aliphatic carboxylic acids is 1. The maximum absolute atomic E-state index is 12.8. The molecule has 68 heavy (non-hydrogen) atoms. The highest BCUT2D eigenvalue weighted by molar-refractivity contribution is 5.70. The number of carbonyl (C=O) groups is 3. The lowest BCUT2D eigenvalue weighted by atomic mass is 10.0. The second-order valence-corrected chi connectivity index (χ2v) is 20.9. The van der Waals surface area contributed by atoms with Crippen molar-refractivity contribution >= 4 is 17.9 Å². The standard InChI is InChI=1S/C60H111NO7/c1-6-8-10-12-14-16-18-20-22-24-26-28-29-31-33-35-37-39-41-43-45-47-49-51-59(63)68-56(54-66-53-52-57(60(64)65)61(3,4)5)55-67-58(62)50-48-46-44-42-40-38-36-34-32-30-27-25-23-21-19-17-15-13-11-9-7-2/h9,11,15,17,21,23,56-57H,6-8,10,12-14,16,18-20,22,24-55H2,1-5H3/b11-9+,17-15+,23-21+. The lowest BCUT2D eigenvalue weighted by molar-refractivity contribution is -0.889. The molecule has 0 aromatic carbocycles. The van der Waals surface area contributed by atoms with Crippen LogP contribution in [0.1, 0.15) is 277 Å². The Hall–Kier alpha value is -2.45. The minimum absolute atomic E-state index is 0.0441. The van der Waals surface area contributed by atoms with Crippen molar-refractivity contribution in [2.24, 2.45) is 0 Å². The molecule has 0 spiro atoms. The Morgan fingerprint density at radius 1 is 0.456 bits per heavy atom. The molecule has 8 heteroatoms. The molecule has 398 valence electrons. The smallest absolute Gasteiger partial charge is 0.306 e. The summed E-state index contributed by atoms with van der Waals surface area (Å²) in [6.45, 7) is 4.61. The summed E-state index contributed by atoms with van der Waals surface area (Å²) < 4.78 is 17.3. The Labute approximate surface area is 421 Å². The van der Waals surface area contributed by atoms with Crippen molar-refractivity contribution in [3.05, 3.63) is 36.5 Å². The monoisotopic (exact) mass is 958 g/mol. The van der Waals surface area contributed by atoms with Crippen LogP contribution in [0.15, 0.2) is 36.5 Å². The van der Waals surface area contributed by atoms with E-state index in [2.05, 4.69) is 50.3 Å². The quantitative estimate of drug-likeness (QED) is 0.0259. The van der Waals surface area contributed by atoms with Gasteiger partial charge in [-0.15, -0.1) is 0 Å². The van der Waals surface area contributed by atoms with Gasteiger partial charge in [0.05, 0.1) is 40.3 Å². The first-order chi connectivity index (χ1) is 33.1. The van der Waals surface area contributed by atoms with Crippen LogP contribution in [0.2, 0.25) is 0 Å². The first kappa shape index (κ1) is 65.5. The van der Waals surface area contributed by atoms with Crippen molar-refractivity contribution in [3.8, 4) is 0 Å². The number of quaternary nitrogens is 1. The normalized spacial score (nSPS) is 13.0. The van der Waals surface area contributed by atoms with Crippen molar-refractivity contribution in [1.29, 1.82) is 0 Å². The van der Waals surface area contributed by atoms with Crippen LogP contribution in [-0.4, -0.2) is 75.5 Å². The van der Waals surface area contributed by atoms with Gasteiger partial charge in [-0.3, -0.25) is 9.59 Å². The van der Waals surface area contributed by atoms with E-state index in [1.807, 2.05) is 21.1 Å². The third-order valence-corrected chi connectivity index (χ3v) is 13.3. The van der Waals surface area contributed by atoms with Gasteiger partial charge in [-0.05, 0) is 44.9 Å². The fourth-order valence-corrected chi connectivity index (χ4v) is 8.85. The Kier molecular flexibility index (Phi) is 49.1. The molecule has 0 heterocycles. The second-order valence-electron chi connectivity index (χ2n) is 20.9. The van der Waals surface area contributed by atoms with E-state index in [9.17, 15) is 19.5 Å². The highest BCUT2D eigenvalue weighted by Crippen LogP contribution is 2.17. The number of unbranched alkanes of at least 4 members (excludes halogenated alkanes) is 33. The van der Waals surface area contributed by atoms with E-state index in [1.54, 1.807) is 0 Å². The number of likely N-dealkylation sites (N-methyl/N-ethyl adjacent to an activating group) is 1. The molecule has 0 aromatic heterocycles. The third kappa shape index (κ3) is 48.6.